The molecule has 9 nitrogen and oxygen atoms in total. The van der Waals surface area contributed by atoms with Crippen LogP contribution in [0.5, 0.6) is 0 Å². The van der Waals surface area contributed by atoms with Crippen molar-refractivity contribution in [3.63, 3.8) is 0 Å². The van der Waals surface area contributed by atoms with Gasteiger partial charge in [0.05, 0.1) is 91.8 Å². The molecule has 0 saturated carbocycles. The maximum Gasteiger partial charge on any atom is 0.308 e. The van der Waals surface area contributed by atoms with Crippen LogP contribution in [0.15, 0.2) is 0 Å². The summed E-state index contributed by atoms with van der Waals surface area (Å²) in [6.45, 7) is 14.4. The molecule has 1 unspecified atom stereocenters. The van der Waals surface area contributed by atoms with Crippen molar-refractivity contribution in [2.24, 2.45) is 5.92 Å². The number of hydrogen-bond acceptors (Lipinski definition) is 9. The zero-order valence-corrected chi connectivity index (χ0v) is 31.1. The third kappa shape index (κ3) is 37.9. The molecule has 0 aliphatic heterocycles. The number of esters is 1. The molecule has 1 atom stereocenters. The van der Waals surface area contributed by atoms with E-state index in [-0.39, 0.29) is 11.9 Å². The SMILES string of the molecule is CCCCCCCCCCCCCCCCOCCOCCOCCOCCOCCOCCOCCOC(=O)C(CC)CCCC. The van der Waals surface area contributed by atoms with Crippen LogP contribution in [0.2, 0.25) is 0 Å². The molecule has 282 valence electrons. The molecule has 9 heteroatoms. The highest BCUT2D eigenvalue weighted by Crippen LogP contribution is 2.14. The second kappa shape index (κ2) is 41.4. The molecule has 0 spiro atoms. The molecule has 0 saturated heterocycles. The van der Waals surface area contributed by atoms with Gasteiger partial charge in [0.15, 0.2) is 0 Å². The van der Waals surface area contributed by atoms with E-state index in [4.69, 9.17) is 37.9 Å². The van der Waals surface area contributed by atoms with Gasteiger partial charge in [-0.05, 0) is 19.3 Å². The van der Waals surface area contributed by atoms with Gasteiger partial charge in [-0.3, -0.25) is 4.79 Å². The van der Waals surface area contributed by atoms with Crippen molar-refractivity contribution >= 4 is 5.97 Å². The van der Waals surface area contributed by atoms with E-state index in [9.17, 15) is 4.79 Å². The van der Waals surface area contributed by atoms with Crippen LogP contribution < -0.4 is 0 Å². The fourth-order valence-corrected chi connectivity index (χ4v) is 5.08. The third-order valence-corrected chi connectivity index (χ3v) is 8.08. The van der Waals surface area contributed by atoms with E-state index in [1.54, 1.807) is 0 Å². The van der Waals surface area contributed by atoms with Crippen LogP contribution >= 0.6 is 0 Å². The molecule has 0 aromatic heterocycles. The predicted molar refractivity (Wildman–Crippen MR) is 190 cm³/mol. The monoisotopic (exact) mass is 677 g/mol. The van der Waals surface area contributed by atoms with Crippen LogP contribution in [0.4, 0.5) is 0 Å². The molecule has 0 radical (unpaired) electrons. The molecule has 0 rings (SSSR count). The fourth-order valence-electron chi connectivity index (χ4n) is 5.08. The van der Waals surface area contributed by atoms with E-state index in [2.05, 4.69) is 13.8 Å². The maximum absolute atomic E-state index is 12.0. The highest BCUT2D eigenvalue weighted by molar-refractivity contribution is 5.72. The van der Waals surface area contributed by atoms with Gasteiger partial charge in [-0.2, -0.15) is 0 Å². The Kier molecular flexibility index (Phi) is 40.6. The first kappa shape index (κ1) is 46.2. The number of ether oxygens (including phenoxy) is 8. The summed E-state index contributed by atoms with van der Waals surface area (Å²) in [7, 11) is 0. The van der Waals surface area contributed by atoms with Gasteiger partial charge in [-0.25, -0.2) is 0 Å². The molecule has 47 heavy (non-hydrogen) atoms. The average molecular weight is 677 g/mol. The lowest BCUT2D eigenvalue weighted by molar-refractivity contribution is -0.150. The predicted octanol–water partition coefficient (Wildman–Crippen LogP) is 8.34. The second-order valence-electron chi connectivity index (χ2n) is 12.3. The highest BCUT2D eigenvalue weighted by Gasteiger charge is 2.16. The number of carbonyl (C=O) groups excluding carboxylic acids is 1. The number of rotatable bonds is 41. The average Bonchev–Trinajstić information content (AvgIpc) is 3.08. The van der Waals surface area contributed by atoms with Crippen LogP contribution in [-0.4, -0.2) is 105 Å². The number of carbonyl (C=O) groups is 1. The second-order valence-corrected chi connectivity index (χ2v) is 12.3. The van der Waals surface area contributed by atoms with Crippen molar-refractivity contribution in [3.8, 4) is 0 Å². The quantitative estimate of drug-likeness (QED) is 0.0468. The summed E-state index contributed by atoms with van der Waals surface area (Å²) >= 11 is 0. The van der Waals surface area contributed by atoms with Crippen LogP contribution in [0.25, 0.3) is 0 Å². The van der Waals surface area contributed by atoms with Gasteiger partial charge in [0.1, 0.15) is 6.61 Å². The lowest BCUT2D eigenvalue weighted by atomic mass is 10.00. The van der Waals surface area contributed by atoms with Gasteiger partial charge < -0.3 is 37.9 Å². The lowest BCUT2D eigenvalue weighted by Crippen LogP contribution is -2.20. The van der Waals surface area contributed by atoms with Gasteiger partial charge in [-0.1, -0.05) is 117 Å². The van der Waals surface area contributed by atoms with Gasteiger partial charge >= 0.3 is 5.97 Å². The van der Waals surface area contributed by atoms with Crippen LogP contribution in [-0.2, 0) is 42.7 Å². The van der Waals surface area contributed by atoms with Gasteiger partial charge in [-0.15, -0.1) is 0 Å². The van der Waals surface area contributed by atoms with Crippen molar-refractivity contribution in [2.75, 3.05) is 99.1 Å². The smallest absolute Gasteiger partial charge is 0.308 e. The Bertz CT molecular complexity index is 594. The fraction of sp³-hybridized carbons (Fsp3) is 0.974. The summed E-state index contributed by atoms with van der Waals surface area (Å²) in [5.41, 5.74) is 0. The largest absolute Gasteiger partial charge is 0.463 e. The minimum absolute atomic E-state index is 0.00591. The van der Waals surface area contributed by atoms with E-state index >= 15 is 0 Å². The highest BCUT2D eigenvalue weighted by atomic mass is 16.6. The topological polar surface area (TPSA) is 90.9 Å². The summed E-state index contributed by atoms with van der Waals surface area (Å²) < 4.78 is 44.0. The zero-order valence-electron chi connectivity index (χ0n) is 31.1. The number of hydrogen-bond donors (Lipinski definition) is 0. The normalized spacial score (nSPS) is 12.1. The zero-order chi connectivity index (χ0) is 34.1. The summed E-state index contributed by atoms with van der Waals surface area (Å²) in [4.78, 5) is 12.0. The van der Waals surface area contributed by atoms with Gasteiger partial charge in [0.2, 0.25) is 0 Å². The molecular weight excluding hydrogens is 600 g/mol. The Hall–Kier alpha value is -0.810. The van der Waals surface area contributed by atoms with Crippen molar-refractivity contribution in [1.82, 2.24) is 0 Å². The van der Waals surface area contributed by atoms with E-state index in [1.807, 2.05) is 6.92 Å². The van der Waals surface area contributed by atoms with E-state index < -0.39 is 0 Å². The maximum atomic E-state index is 12.0. The summed E-state index contributed by atoms with van der Waals surface area (Å²) in [6.07, 6.45) is 23.1. The Morgan fingerprint density at radius 3 is 1.00 bits per heavy atom. The van der Waals surface area contributed by atoms with Crippen molar-refractivity contribution in [3.05, 3.63) is 0 Å². The van der Waals surface area contributed by atoms with E-state index in [1.165, 1.54) is 83.5 Å². The first-order valence-corrected chi connectivity index (χ1v) is 19.5. The minimum atomic E-state index is -0.110. The molecule has 0 N–H and O–H groups in total. The number of unbranched alkanes of at least 4 members (excludes halogenated alkanes) is 14. The van der Waals surface area contributed by atoms with Crippen LogP contribution in [0, 0.1) is 5.92 Å². The van der Waals surface area contributed by atoms with E-state index in [0.717, 1.165) is 38.7 Å². The Labute approximate surface area is 289 Å². The van der Waals surface area contributed by atoms with Crippen LogP contribution in [0.1, 0.15) is 136 Å². The molecule has 0 amide bonds. The Morgan fingerprint density at radius 2 is 0.660 bits per heavy atom. The molecule has 0 aliphatic carbocycles. The Morgan fingerprint density at radius 1 is 0.362 bits per heavy atom. The summed E-state index contributed by atoms with van der Waals surface area (Å²) in [6, 6.07) is 0. The van der Waals surface area contributed by atoms with Crippen molar-refractivity contribution in [1.29, 1.82) is 0 Å². The van der Waals surface area contributed by atoms with Crippen molar-refractivity contribution < 1.29 is 42.7 Å². The first-order chi connectivity index (χ1) is 23.3. The minimum Gasteiger partial charge on any atom is -0.463 e. The standard InChI is InChI=1S/C38H76O9/c1-4-7-9-10-11-12-13-14-15-16-17-18-19-20-22-40-23-24-41-25-26-42-27-28-43-29-30-44-31-32-45-33-34-46-35-36-47-38(39)37(6-3)21-8-5-2/h37H,4-36H2,1-3H3. The summed E-state index contributed by atoms with van der Waals surface area (Å²) in [5.74, 6) is -0.104. The van der Waals surface area contributed by atoms with Gasteiger partial charge in [0.25, 0.3) is 0 Å². The molecule has 0 fully saturated rings. The molecule has 0 aromatic rings. The summed E-state index contributed by atoms with van der Waals surface area (Å²) in [5, 5.41) is 0. The molecular formula is C38H76O9. The van der Waals surface area contributed by atoms with Crippen LogP contribution in [0.3, 0.4) is 0 Å². The van der Waals surface area contributed by atoms with E-state index in [0.29, 0.717) is 92.5 Å². The molecule has 0 aromatic carbocycles. The molecule has 0 bridgehead atoms. The molecule has 0 heterocycles. The Balaban J connectivity index is 3.13. The van der Waals surface area contributed by atoms with Gasteiger partial charge in [0, 0.05) is 6.61 Å². The van der Waals surface area contributed by atoms with Crippen molar-refractivity contribution in [2.45, 2.75) is 136 Å². The lowest BCUT2D eigenvalue weighted by Gasteiger charge is -2.13. The third-order valence-electron chi connectivity index (χ3n) is 8.08. The first-order valence-electron chi connectivity index (χ1n) is 19.5. The molecule has 0 aliphatic rings.